The second-order valence-electron chi connectivity index (χ2n) is 4.63. The predicted molar refractivity (Wildman–Crippen MR) is 76.7 cm³/mol. The maximum absolute atomic E-state index is 4.21. The van der Waals surface area contributed by atoms with Crippen LogP contribution in [-0.2, 0) is 6.54 Å². The molecule has 2 N–H and O–H groups in total. The molecule has 0 aliphatic rings. The summed E-state index contributed by atoms with van der Waals surface area (Å²) in [5, 5.41) is 18.5. The molecule has 0 aliphatic carbocycles. The van der Waals surface area contributed by atoms with Gasteiger partial charge in [0, 0.05) is 17.8 Å². The van der Waals surface area contributed by atoms with Crippen LogP contribution in [0.4, 0.5) is 5.69 Å². The van der Waals surface area contributed by atoms with Crippen molar-refractivity contribution in [2.45, 2.75) is 20.4 Å². The third-order valence-corrected chi connectivity index (χ3v) is 3.31. The average Bonchev–Trinajstić information content (AvgIpc) is 3.09. The standard InChI is InChI=1S/C14H16N6/c1-10-12(11(2)18-17-10)9-15-13-5-3-4-6-14(13)20-8-7-16-19-20/h3-8,15H,9H2,1-2H3,(H,17,18). The van der Waals surface area contributed by atoms with Gasteiger partial charge >= 0.3 is 0 Å². The number of nitrogens with zero attached hydrogens (tertiary/aromatic N) is 4. The van der Waals surface area contributed by atoms with Crippen LogP contribution in [0.15, 0.2) is 36.7 Å². The van der Waals surface area contributed by atoms with E-state index in [9.17, 15) is 0 Å². The molecule has 0 aliphatic heterocycles. The SMILES string of the molecule is Cc1n[nH]c(C)c1CNc1ccccc1-n1ccnn1. The van der Waals surface area contributed by atoms with Crippen LogP contribution in [0.5, 0.6) is 0 Å². The molecule has 2 aromatic heterocycles. The summed E-state index contributed by atoms with van der Waals surface area (Å²) >= 11 is 0. The maximum Gasteiger partial charge on any atom is 0.0894 e. The minimum atomic E-state index is 0.722. The lowest BCUT2D eigenvalue weighted by Crippen LogP contribution is -2.06. The van der Waals surface area contributed by atoms with Gasteiger partial charge in [0.05, 0.1) is 29.5 Å². The fourth-order valence-electron chi connectivity index (χ4n) is 2.18. The Hall–Kier alpha value is -2.63. The Morgan fingerprint density at radius 1 is 1.25 bits per heavy atom. The molecule has 0 amide bonds. The van der Waals surface area contributed by atoms with E-state index in [0.717, 1.165) is 29.3 Å². The van der Waals surface area contributed by atoms with Crippen molar-refractivity contribution in [2.24, 2.45) is 0 Å². The molecule has 0 spiro atoms. The predicted octanol–water partition coefficient (Wildman–Crippen LogP) is 2.22. The Labute approximate surface area is 116 Å². The third-order valence-electron chi connectivity index (χ3n) is 3.31. The van der Waals surface area contributed by atoms with Crippen molar-refractivity contribution < 1.29 is 0 Å². The van der Waals surface area contributed by atoms with Gasteiger partial charge in [-0.05, 0) is 26.0 Å². The number of aryl methyl sites for hydroxylation is 2. The highest BCUT2D eigenvalue weighted by molar-refractivity contribution is 5.60. The molecule has 3 aromatic rings. The van der Waals surface area contributed by atoms with E-state index in [1.807, 2.05) is 44.3 Å². The van der Waals surface area contributed by atoms with Crippen molar-refractivity contribution in [2.75, 3.05) is 5.32 Å². The second kappa shape index (κ2) is 5.16. The van der Waals surface area contributed by atoms with Gasteiger partial charge in [-0.2, -0.15) is 5.10 Å². The Morgan fingerprint density at radius 3 is 2.80 bits per heavy atom. The van der Waals surface area contributed by atoms with E-state index >= 15 is 0 Å². The highest BCUT2D eigenvalue weighted by Gasteiger charge is 2.08. The molecule has 0 saturated heterocycles. The summed E-state index contributed by atoms with van der Waals surface area (Å²) in [4.78, 5) is 0. The first-order valence-corrected chi connectivity index (χ1v) is 6.46. The molecule has 102 valence electrons. The molecular weight excluding hydrogens is 252 g/mol. The van der Waals surface area contributed by atoms with Gasteiger partial charge in [-0.25, -0.2) is 4.68 Å². The molecule has 0 bridgehead atoms. The number of aromatic nitrogens is 5. The van der Waals surface area contributed by atoms with Crippen molar-refractivity contribution in [3.63, 3.8) is 0 Å². The number of rotatable bonds is 4. The number of anilines is 1. The van der Waals surface area contributed by atoms with Crippen LogP contribution >= 0.6 is 0 Å². The van der Waals surface area contributed by atoms with Gasteiger partial charge in [0.2, 0.25) is 0 Å². The van der Waals surface area contributed by atoms with E-state index in [1.54, 1.807) is 10.9 Å². The number of hydrogen-bond acceptors (Lipinski definition) is 4. The molecule has 0 fully saturated rings. The van der Waals surface area contributed by atoms with E-state index in [-0.39, 0.29) is 0 Å². The average molecular weight is 268 g/mol. The highest BCUT2D eigenvalue weighted by Crippen LogP contribution is 2.20. The molecule has 0 atom stereocenters. The number of aromatic amines is 1. The van der Waals surface area contributed by atoms with Crippen LogP contribution < -0.4 is 5.32 Å². The number of para-hydroxylation sites is 2. The smallest absolute Gasteiger partial charge is 0.0894 e. The lowest BCUT2D eigenvalue weighted by Gasteiger charge is -2.11. The molecular formula is C14H16N6. The summed E-state index contributed by atoms with van der Waals surface area (Å²) < 4.78 is 1.75. The van der Waals surface area contributed by atoms with Crippen molar-refractivity contribution in [1.29, 1.82) is 0 Å². The van der Waals surface area contributed by atoms with E-state index < -0.39 is 0 Å². The molecule has 0 unspecified atom stereocenters. The lowest BCUT2D eigenvalue weighted by atomic mass is 10.2. The summed E-state index contributed by atoms with van der Waals surface area (Å²) in [6.45, 7) is 4.75. The Bertz CT molecular complexity index is 679. The van der Waals surface area contributed by atoms with E-state index in [1.165, 1.54) is 5.56 Å². The van der Waals surface area contributed by atoms with E-state index in [2.05, 4.69) is 25.8 Å². The molecule has 1 aromatic carbocycles. The first-order valence-electron chi connectivity index (χ1n) is 6.46. The topological polar surface area (TPSA) is 71.4 Å². The molecule has 0 saturated carbocycles. The number of nitrogens with one attached hydrogen (secondary N) is 2. The molecule has 20 heavy (non-hydrogen) atoms. The van der Waals surface area contributed by atoms with Crippen LogP contribution in [0.3, 0.4) is 0 Å². The monoisotopic (exact) mass is 268 g/mol. The number of benzene rings is 1. The van der Waals surface area contributed by atoms with Gasteiger partial charge in [-0.1, -0.05) is 17.3 Å². The second-order valence-corrected chi connectivity index (χ2v) is 4.63. The van der Waals surface area contributed by atoms with Gasteiger partial charge in [-0.3, -0.25) is 5.10 Å². The first kappa shape index (κ1) is 12.4. The highest BCUT2D eigenvalue weighted by atomic mass is 15.4. The van der Waals surface area contributed by atoms with Crippen LogP contribution in [0.25, 0.3) is 5.69 Å². The molecule has 6 nitrogen and oxygen atoms in total. The fourth-order valence-corrected chi connectivity index (χ4v) is 2.18. The van der Waals surface area contributed by atoms with Crippen molar-refractivity contribution in [3.05, 3.63) is 53.6 Å². The van der Waals surface area contributed by atoms with Crippen LogP contribution in [-0.4, -0.2) is 25.2 Å². The molecule has 2 heterocycles. The molecule has 6 heteroatoms. The summed E-state index contributed by atoms with van der Waals surface area (Å²) in [5.41, 5.74) is 5.29. The van der Waals surface area contributed by atoms with Crippen molar-refractivity contribution in [3.8, 4) is 5.69 Å². The summed E-state index contributed by atoms with van der Waals surface area (Å²) in [5.74, 6) is 0. The van der Waals surface area contributed by atoms with Crippen molar-refractivity contribution in [1.82, 2.24) is 25.2 Å². The Kier molecular flexibility index (Phi) is 3.20. The zero-order valence-corrected chi connectivity index (χ0v) is 11.5. The lowest BCUT2D eigenvalue weighted by molar-refractivity contribution is 0.803. The maximum atomic E-state index is 4.21. The summed E-state index contributed by atoms with van der Waals surface area (Å²) in [6, 6.07) is 8.02. The Morgan fingerprint density at radius 2 is 2.10 bits per heavy atom. The van der Waals surface area contributed by atoms with Gasteiger partial charge in [-0.15, -0.1) is 5.10 Å². The quantitative estimate of drug-likeness (QED) is 0.761. The van der Waals surface area contributed by atoms with Gasteiger partial charge < -0.3 is 5.32 Å². The first-order chi connectivity index (χ1) is 9.75. The summed E-state index contributed by atoms with van der Waals surface area (Å²) in [7, 11) is 0. The van der Waals surface area contributed by atoms with Crippen LogP contribution in [0, 0.1) is 13.8 Å². The zero-order chi connectivity index (χ0) is 13.9. The van der Waals surface area contributed by atoms with Crippen LogP contribution in [0.2, 0.25) is 0 Å². The largest absolute Gasteiger partial charge is 0.379 e. The van der Waals surface area contributed by atoms with Gasteiger partial charge in [0.25, 0.3) is 0 Å². The van der Waals surface area contributed by atoms with E-state index in [0.29, 0.717) is 0 Å². The minimum absolute atomic E-state index is 0.722. The number of hydrogen-bond donors (Lipinski definition) is 2. The van der Waals surface area contributed by atoms with Crippen molar-refractivity contribution >= 4 is 5.69 Å². The Balaban J connectivity index is 1.85. The zero-order valence-electron chi connectivity index (χ0n) is 11.5. The van der Waals surface area contributed by atoms with Gasteiger partial charge in [0.1, 0.15) is 0 Å². The van der Waals surface area contributed by atoms with Crippen LogP contribution in [0.1, 0.15) is 17.0 Å². The molecule has 0 radical (unpaired) electrons. The van der Waals surface area contributed by atoms with Gasteiger partial charge in [0.15, 0.2) is 0 Å². The van der Waals surface area contributed by atoms with E-state index in [4.69, 9.17) is 0 Å². The minimum Gasteiger partial charge on any atom is -0.379 e. The fraction of sp³-hybridized carbons (Fsp3) is 0.214. The number of H-pyrrole nitrogens is 1. The third kappa shape index (κ3) is 2.27. The molecule has 3 rings (SSSR count). The summed E-state index contributed by atoms with van der Waals surface area (Å²) in [6.07, 6.45) is 3.50. The normalized spacial score (nSPS) is 10.7.